The molecule has 2 heterocycles. The number of oxazole rings is 1. The molecular formula is C20H19N3O6. The summed E-state index contributed by atoms with van der Waals surface area (Å²) < 4.78 is 15.6. The molecule has 1 unspecified atom stereocenters. The zero-order valence-corrected chi connectivity index (χ0v) is 16.1. The number of ether oxygens (including phenoxy) is 2. The number of hydrogen-bond donors (Lipinski definition) is 1. The molecular weight excluding hydrogens is 378 g/mol. The minimum absolute atomic E-state index is 0.0776. The molecule has 9 nitrogen and oxygen atoms in total. The zero-order chi connectivity index (χ0) is 20.9. The van der Waals surface area contributed by atoms with E-state index >= 15 is 0 Å². The van der Waals surface area contributed by atoms with E-state index < -0.39 is 23.3 Å². The molecule has 0 saturated heterocycles. The van der Waals surface area contributed by atoms with Gasteiger partial charge in [0.25, 0.3) is 6.01 Å². The first-order chi connectivity index (χ1) is 13.9. The fraction of sp³-hybridized carbons (Fsp3) is 0.300. The van der Waals surface area contributed by atoms with Crippen molar-refractivity contribution in [2.75, 3.05) is 26.0 Å². The van der Waals surface area contributed by atoms with Gasteiger partial charge in [-0.3, -0.25) is 9.59 Å². The number of amides is 1. The molecule has 9 heteroatoms. The highest BCUT2D eigenvalue weighted by atomic mass is 16.5. The molecule has 1 aromatic heterocycles. The smallest absolute Gasteiger partial charge is 0.337 e. The number of aromatic nitrogens is 1. The maximum atomic E-state index is 13.8. The van der Waals surface area contributed by atoms with E-state index in [0.29, 0.717) is 22.6 Å². The van der Waals surface area contributed by atoms with Gasteiger partial charge in [-0.25, -0.2) is 4.79 Å². The summed E-state index contributed by atoms with van der Waals surface area (Å²) in [6.07, 6.45) is 0. The average Bonchev–Trinajstić information content (AvgIpc) is 3.27. The summed E-state index contributed by atoms with van der Waals surface area (Å²) in [5.41, 5.74) is 5.89. The van der Waals surface area contributed by atoms with Crippen molar-refractivity contribution in [2.45, 2.75) is 19.3 Å². The lowest BCUT2D eigenvalue weighted by Gasteiger charge is -2.26. The van der Waals surface area contributed by atoms with Gasteiger partial charge in [-0.15, -0.1) is 0 Å². The van der Waals surface area contributed by atoms with E-state index in [1.165, 1.54) is 12.0 Å². The van der Waals surface area contributed by atoms with E-state index in [9.17, 15) is 14.4 Å². The number of nitrogens with zero attached hydrogens (tertiary/aromatic N) is 2. The molecule has 0 saturated carbocycles. The zero-order valence-electron chi connectivity index (χ0n) is 16.1. The Balaban J connectivity index is 2.00. The number of nitrogen functional groups attached to an aromatic ring is 1. The van der Waals surface area contributed by atoms with Gasteiger partial charge in [0, 0.05) is 11.3 Å². The second kappa shape index (κ2) is 6.47. The van der Waals surface area contributed by atoms with Crippen LogP contribution in [0, 0.1) is 0 Å². The number of carbonyl (C=O) groups excluding carboxylic acids is 3. The summed E-state index contributed by atoms with van der Waals surface area (Å²) in [5.74, 6) is -1.49. The third-order valence-electron chi connectivity index (χ3n) is 5.26. The molecule has 1 aliphatic carbocycles. The minimum Gasteiger partial charge on any atom is -0.466 e. The SMILES string of the molecule is CCOC(=O)CN1C(=O)C2(C(C(=O)OC)=C1C)c1ccccc1-c1oc(N)nc12. The number of hydrogen-bond acceptors (Lipinski definition) is 8. The lowest BCUT2D eigenvalue weighted by molar-refractivity contribution is -0.147. The van der Waals surface area contributed by atoms with Gasteiger partial charge in [0.1, 0.15) is 12.2 Å². The highest BCUT2D eigenvalue weighted by molar-refractivity contribution is 6.14. The van der Waals surface area contributed by atoms with Crippen molar-refractivity contribution in [1.29, 1.82) is 0 Å². The van der Waals surface area contributed by atoms with E-state index in [-0.39, 0.29) is 30.4 Å². The number of fused-ring (bicyclic) bond motifs is 5. The van der Waals surface area contributed by atoms with Gasteiger partial charge in [-0.2, -0.15) is 4.98 Å². The number of allylic oxidation sites excluding steroid dienone is 1. The fourth-order valence-corrected chi connectivity index (χ4v) is 4.18. The Kier molecular flexibility index (Phi) is 4.18. The van der Waals surface area contributed by atoms with Gasteiger partial charge in [-0.05, 0) is 19.4 Å². The van der Waals surface area contributed by atoms with Crippen LogP contribution in [0.2, 0.25) is 0 Å². The van der Waals surface area contributed by atoms with E-state index in [2.05, 4.69) is 4.98 Å². The van der Waals surface area contributed by atoms with Crippen molar-refractivity contribution in [3.8, 4) is 11.3 Å². The molecule has 2 aromatic rings. The number of anilines is 1. The lowest BCUT2D eigenvalue weighted by Crippen LogP contribution is -2.43. The number of esters is 2. The number of rotatable bonds is 4. The summed E-state index contributed by atoms with van der Waals surface area (Å²) >= 11 is 0. The summed E-state index contributed by atoms with van der Waals surface area (Å²) in [7, 11) is 1.23. The first-order valence-corrected chi connectivity index (χ1v) is 9.01. The van der Waals surface area contributed by atoms with Crippen LogP contribution in [0.4, 0.5) is 6.01 Å². The summed E-state index contributed by atoms with van der Waals surface area (Å²) in [4.78, 5) is 44.2. The van der Waals surface area contributed by atoms with Gasteiger partial charge in [0.2, 0.25) is 5.91 Å². The Bertz CT molecular complexity index is 1090. The third-order valence-corrected chi connectivity index (χ3v) is 5.26. The Morgan fingerprint density at radius 1 is 1.31 bits per heavy atom. The first kappa shape index (κ1) is 18.7. The second-order valence-corrected chi connectivity index (χ2v) is 6.67. The first-order valence-electron chi connectivity index (χ1n) is 9.01. The highest BCUT2D eigenvalue weighted by Gasteiger charge is 2.63. The van der Waals surface area contributed by atoms with Crippen molar-refractivity contribution in [2.24, 2.45) is 0 Å². The van der Waals surface area contributed by atoms with Gasteiger partial charge in [0.15, 0.2) is 11.2 Å². The summed E-state index contributed by atoms with van der Waals surface area (Å²) in [5, 5.41) is 0. The van der Waals surface area contributed by atoms with Crippen LogP contribution in [0.3, 0.4) is 0 Å². The van der Waals surface area contributed by atoms with E-state index in [0.717, 1.165) is 0 Å². The van der Waals surface area contributed by atoms with E-state index in [4.69, 9.17) is 19.6 Å². The molecule has 1 aliphatic heterocycles. The van der Waals surface area contributed by atoms with Crippen LogP contribution >= 0.6 is 0 Å². The van der Waals surface area contributed by atoms with Crippen LogP contribution in [0.1, 0.15) is 25.1 Å². The molecule has 0 radical (unpaired) electrons. The number of carbonyl (C=O) groups is 3. The van der Waals surface area contributed by atoms with Crippen molar-refractivity contribution in [1.82, 2.24) is 9.88 Å². The standard InChI is InChI=1S/C20H19N3O6/c1-4-28-13(24)9-23-10(2)14(17(25)27-3)20(18(23)26)12-8-6-5-7-11(12)15-16(20)22-19(21)29-15/h5-8H,4,9H2,1-3H3,(H2,21,22). The number of nitrogens with two attached hydrogens (primary N) is 1. The molecule has 2 N–H and O–H groups in total. The summed E-state index contributed by atoms with van der Waals surface area (Å²) in [6, 6.07) is 6.90. The van der Waals surface area contributed by atoms with E-state index in [1.54, 1.807) is 38.1 Å². The predicted molar refractivity (Wildman–Crippen MR) is 100 cm³/mol. The van der Waals surface area contributed by atoms with Crippen LogP contribution in [-0.4, -0.2) is 48.0 Å². The quantitative estimate of drug-likeness (QED) is 0.767. The van der Waals surface area contributed by atoms with Crippen molar-refractivity contribution >= 4 is 23.9 Å². The van der Waals surface area contributed by atoms with Gasteiger partial charge < -0.3 is 24.5 Å². The normalized spacial score (nSPS) is 19.6. The molecule has 1 amide bonds. The van der Waals surface area contributed by atoms with Crippen LogP contribution in [-0.2, 0) is 29.3 Å². The van der Waals surface area contributed by atoms with Gasteiger partial charge >= 0.3 is 11.9 Å². The summed E-state index contributed by atoms with van der Waals surface area (Å²) in [6.45, 7) is 3.09. The maximum absolute atomic E-state index is 13.8. The molecule has 0 fully saturated rings. The molecule has 2 aliphatic rings. The number of methoxy groups -OCH3 is 1. The van der Waals surface area contributed by atoms with Crippen molar-refractivity contribution < 1.29 is 28.3 Å². The van der Waals surface area contributed by atoms with Crippen LogP contribution in [0.5, 0.6) is 0 Å². The van der Waals surface area contributed by atoms with Gasteiger partial charge in [0.05, 0.1) is 19.3 Å². The van der Waals surface area contributed by atoms with Crippen LogP contribution < -0.4 is 5.73 Å². The molecule has 150 valence electrons. The molecule has 1 aromatic carbocycles. The Hall–Kier alpha value is -3.62. The average molecular weight is 397 g/mol. The molecule has 1 spiro atoms. The fourth-order valence-electron chi connectivity index (χ4n) is 4.18. The van der Waals surface area contributed by atoms with E-state index in [1.807, 2.05) is 0 Å². The molecule has 29 heavy (non-hydrogen) atoms. The largest absolute Gasteiger partial charge is 0.466 e. The lowest BCUT2D eigenvalue weighted by atomic mass is 9.74. The molecule has 1 atom stereocenters. The number of benzene rings is 1. The Morgan fingerprint density at radius 2 is 2.03 bits per heavy atom. The predicted octanol–water partition coefficient (Wildman–Crippen LogP) is 1.38. The molecule has 4 rings (SSSR count). The van der Waals surface area contributed by atoms with Crippen LogP contribution in [0.25, 0.3) is 11.3 Å². The molecule has 0 bridgehead atoms. The van der Waals surface area contributed by atoms with Crippen molar-refractivity contribution in [3.63, 3.8) is 0 Å². The topological polar surface area (TPSA) is 125 Å². The monoisotopic (exact) mass is 397 g/mol. The Morgan fingerprint density at radius 3 is 2.72 bits per heavy atom. The van der Waals surface area contributed by atoms with Crippen molar-refractivity contribution in [3.05, 3.63) is 46.8 Å². The minimum atomic E-state index is -1.60. The van der Waals surface area contributed by atoms with Crippen LogP contribution in [0.15, 0.2) is 40.0 Å². The maximum Gasteiger partial charge on any atom is 0.337 e. The highest BCUT2D eigenvalue weighted by Crippen LogP contribution is 2.57. The third kappa shape index (κ3) is 2.33. The van der Waals surface area contributed by atoms with Gasteiger partial charge in [-0.1, -0.05) is 24.3 Å². The second-order valence-electron chi connectivity index (χ2n) is 6.67. The Labute approximate surface area is 166 Å².